The first-order valence-corrected chi connectivity index (χ1v) is 12.4. The van der Waals surface area contributed by atoms with Crippen LogP contribution in [-0.2, 0) is 27.8 Å². The van der Waals surface area contributed by atoms with Gasteiger partial charge in [0.15, 0.2) is 0 Å². The first-order valence-electron chi connectivity index (χ1n) is 10.1. The van der Waals surface area contributed by atoms with Crippen LogP contribution >= 0.6 is 11.3 Å². The topological polar surface area (TPSA) is 95.0 Å². The summed E-state index contributed by atoms with van der Waals surface area (Å²) in [6.07, 6.45) is 1.23. The molecule has 1 N–H and O–H groups in total. The molecule has 0 aliphatic carbocycles. The van der Waals surface area contributed by atoms with E-state index in [0.29, 0.717) is 24.5 Å². The zero-order valence-corrected chi connectivity index (χ0v) is 18.5. The molecule has 2 aromatic rings. The largest absolute Gasteiger partial charge is 0.340 e. The molecule has 0 atom stereocenters. The van der Waals surface area contributed by atoms with Crippen molar-refractivity contribution in [2.45, 2.75) is 31.2 Å². The standard InChI is InChI=1S/C20H25N5O3S2/c1-2-18-22-15(14-29-18)13-24-9-11-25(12-10-24)19(26)7-8-21-20-16-5-3-4-6-17(16)30(27,28)23-20/h3-6,14H,2,7-13H2,1H3,(H,21,23). The molecule has 1 fully saturated rings. The van der Waals surface area contributed by atoms with Crippen molar-refractivity contribution in [1.29, 1.82) is 0 Å². The minimum absolute atomic E-state index is 0.0510. The lowest BCUT2D eigenvalue weighted by Crippen LogP contribution is -2.48. The summed E-state index contributed by atoms with van der Waals surface area (Å²) in [5, 5.41) is 3.28. The van der Waals surface area contributed by atoms with Crippen LogP contribution in [0.1, 0.15) is 29.6 Å². The molecule has 0 spiro atoms. The average molecular weight is 448 g/mol. The summed E-state index contributed by atoms with van der Waals surface area (Å²) >= 11 is 1.70. The van der Waals surface area contributed by atoms with Gasteiger partial charge in [-0.15, -0.1) is 11.3 Å². The molecular weight excluding hydrogens is 422 g/mol. The van der Waals surface area contributed by atoms with E-state index in [2.05, 4.69) is 31.9 Å². The van der Waals surface area contributed by atoms with E-state index < -0.39 is 10.0 Å². The lowest BCUT2D eigenvalue weighted by atomic mass is 10.2. The quantitative estimate of drug-likeness (QED) is 0.724. The fourth-order valence-electron chi connectivity index (χ4n) is 3.64. The van der Waals surface area contributed by atoms with Crippen molar-refractivity contribution in [1.82, 2.24) is 19.5 Å². The maximum Gasteiger partial charge on any atom is 0.263 e. The van der Waals surface area contributed by atoms with Crippen molar-refractivity contribution in [3.63, 3.8) is 0 Å². The summed E-state index contributed by atoms with van der Waals surface area (Å²) in [6.45, 7) is 6.22. The van der Waals surface area contributed by atoms with Crippen LogP contribution in [0.3, 0.4) is 0 Å². The molecular formula is C20H25N5O3S2. The third kappa shape index (κ3) is 4.55. The van der Waals surface area contributed by atoms with E-state index in [1.54, 1.807) is 35.6 Å². The molecule has 2 aliphatic rings. The Morgan fingerprint density at radius 3 is 2.73 bits per heavy atom. The highest BCUT2D eigenvalue weighted by molar-refractivity contribution is 7.90. The van der Waals surface area contributed by atoms with Crippen LogP contribution in [-0.4, -0.2) is 67.7 Å². The molecule has 160 valence electrons. The van der Waals surface area contributed by atoms with Gasteiger partial charge < -0.3 is 4.90 Å². The van der Waals surface area contributed by atoms with E-state index >= 15 is 0 Å². The smallest absolute Gasteiger partial charge is 0.263 e. The number of nitrogens with zero attached hydrogens (tertiary/aromatic N) is 4. The monoisotopic (exact) mass is 447 g/mol. The van der Waals surface area contributed by atoms with Gasteiger partial charge in [0.25, 0.3) is 10.0 Å². The number of carbonyl (C=O) groups excluding carboxylic acids is 1. The highest BCUT2D eigenvalue weighted by Gasteiger charge is 2.30. The number of benzene rings is 1. The van der Waals surface area contributed by atoms with Gasteiger partial charge in [-0.3, -0.25) is 19.4 Å². The van der Waals surface area contributed by atoms with E-state index in [9.17, 15) is 13.2 Å². The molecule has 4 rings (SSSR count). The first kappa shape index (κ1) is 21.0. The van der Waals surface area contributed by atoms with Crippen molar-refractivity contribution in [2.24, 2.45) is 4.99 Å². The Bertz CT molecular complexity index is 1060. The van der Waals surface area contributed by atoms with E-state index in [1.165, 1.54) is 0 Å². The van der Waals surface area contributed by atoms with Crippen LogP contribution in [0.4, 0.5) is 0 Å². The minimum Gasteiger partial charge on any atom is -0.340 e. The number of rotatable bonds is 6. The SMILES string of the molecule is CCc1nc(CN2CCN(C(=O)CCN=C3NS(=O)(=O)c4ccccc43)CC2)cs1. The zero-order valence-electron chi connectivity index (χ0n) is 16.9. The second-order valence-corrected chi connectivity index (χ2v) is 9.92. The maximum absolute atomic E-state index is 12.5. The van der Waals surface area contributed by atoms with Gasteiger partial charge in [-0.2, -0.15) is 0 Å². The number of nitrogens with one attached hydrogen (secondary N) is 1. The van der Waals surface area contributed by atoms with Crippen molar-refractivity contribution >= 4 is 33.1 Å². The van der Waals surface area contributed by atoms with Gasteiger partial charge in [0.05, 0.1) is 22.1 Å². The predicted octanol–water partition coefficient (Wildman–Crippen LogP) is 1.48. The number of sulfonamides is 1. The summed E-state index contributed by atoms with van der Waals surface area (Å²) < 4.78 is 26.7. The van der Waals surface area contributed by atoms with Gasteiger partial charge in [-0.05, 0) is 18.6 Å². The highest BCUT2D eigenvalue weighted by atomic mass is 32.2. The molecule has 8 nitrogen and oxygen atoms in total. The predicted molar refractivity (Wildman–Crippen MR) is 116 cm³/mol. The van der Waals surface area contributed by atoms with Gasteiger partial charge >= 0.3 is 0 Å². The number of hydrogen-bond acceptors (Lipinski definition) is 7. The lowest BCUT2D eigenvalue weighted by molar-refractivity contribution is -0.132. The maximum atomic E-state index is 12.5. The number of fused-ring (bicyclic) bond motifs is 1. The van der Waals surface area contributed by atoms with Crippen LogP contribution in [0.2, 0.25) is 0 Å². The van der Waals surface area contributed by atoms with E-state index in [1.807, 2.05) is 4.90 Å². The molecule has 0 radical (unpaired) electrons. The van der Waals surface area contributed by atoms with Gasteiger partial charge in [-0.25, -0.2) is 13.4 Å². The summed E-state index contributed by atoms with van der Waals surface area (Å²) in [6, 6.07) is 6.73. The number of amides is 1. The van der Waals surface area contributed by atoms with E-state index in [0.717, 1.165) is 36.8 Å². The van der Waals surface area contributed by atoms with E-state index in [-0.39, 0.29) is 23.8 Å². The van der Waals surface area contributed by atoms with Gasteiger partial charge in [0, 0.05) is 50.1 Å². The van der Waals surface area contributed by atoms with E-state index in [4.69, 9.17) is 0 Å². The normalized spacial score (nSPS) is 19.6. The second-order valence-electron chi connectivity index (χ2n) is 7.33. The lowest BCUT2D eigenvalue weighted by Gasteiger charge is -2.34. The Morgan fingerprint density at radius 1 is 1.23 bits per heavy atom. The van der Waals surface area contributed by atoms with Gasteiger partial charge in [-0.1, -0.05) is 19.1 Å². The number of hydrogen-bond donors (Lipinski definition) is 1. The number of amidine groups is 1. The summed E-state index contributed by atoms with van der Waals surface area (Å²) in [5.41, 5.74) is 1.67. The molecule has 0 unspecified atom stereocenters. The average Bonchev–Trinajstić information content (AvgIpc) is 3.30. The van der Waals surface area contributed by atoms with Crippen molar-refractivity contribution < 1.29 is 13.2 Å². The number of aliphatic imine (C=N–C) groups is 1. The Labute approximate surface area is 180 Å². The number of aryl methyl sites for hydroxylation is 1. The molecule has 1 aromatic carbocycles. The summed E-state index contributed by atoms with van der Waals surface area (Å²) in [5.74, 6) is 0.369. The van der Waals surface area contributed by atoms with Gasteiger partial charge in [0.1, 0.15) is 5.84 Å². The first-order chi connectivity index (χ1) is 14.5. The fourth-order valence-corrected chi connectivity index (χ4v) is 5.63. The zero-order chi connectivity index (χ0) is 21.1. The molecule has 1 saturated heterocycles. The molecule has 3 heterocycles. The molecule has 10 heteroatoms. The van der Waals surface area contributed by atoms with Crippen LogP contribution in [0.5, 0.6) is 0 Å². The molecule has 0 saturated carbocycles. The van der Waals surface area contributed by atoms with Crippen molar-refractivity contribution in [3.05, 3.63) is 45.9 Å². The van der Waals surface area contributed by atoms with Crippen LogP contribution < -0.4 is 4.72 Å². The van der Waals surface area contributed by atoms with Crippen LogP contribution in [0.25, 0.3) is 0 Å². The molecule has 30 heavy (non-hydrogen) atoms. The number of aromatic nitrogens is 1. The van der Waals surface area contributed by atoms with Crippen LogP contribution in [0.15, 0.2) is 39.5 Å². The molecule has 1 aromatic heterocycles. The third-order valence-corrected chi connectivity index (χ3v) is 7.71. The van der Waals surface area contributed by atoms with Crippen molar-refractivity contribution in [3.8, 4) is 0 Å². The van der Waals surface area contributed by atoms with Crippen molar-refractivity contribution in [2.75, 3.05) is 32.7 Å². The molecule has 2 aliphatic heterocycles. The Balaban J connectivity index is 1.26. The Hall–Kier alpha value is -2.30. The van der Waals surface area contributed by atoms with Crippen LogP contribution in [0, 0.1) is 0 Å². The number of piperazine rings is 1. The summed E-state index contributed by atoms with van der Waals surface area (Å²) in [7, 11) is -3.54. The minimum atomic E-state index is -3.54. The second kappa shape index (κ2) is 8.83. The third-order valence-electron chi connectivity index (χ3n) is 5.27. The fraction of sp³-hybridized carbons (Fsp3) is 0.450. The highest BCUT2D eigenvalue weighted by Crippen LogP contribution is 2.22. The summed E-state index contributed by atoms with van der Waals surface area (Å²) in [4.78, 5) is 25.9. The Kier molecular flexibility index (Phi) is 6.16. The van der Waals surface area contributed by atoms with Gasteiger partial charge in [0.2, 0.25) is 5.91 Å². The number of thiazole rings is 1. The number of carbonyl (C=O) groups is 1. The molecule has 1 amide bonds. The molecule has 0 bridgehead atoms. The Morgan fingerprint density at radius 2 is 2.00 bits per heavy atom.